The molecule has 0 bridgehead atoms. The van der Waals surface area contributed by atoms with Gasteiger partial charge in [-0.3, -0.25) is 4.57 Å². The number of nitrogens with two attached hydrogens (primary N) is 1. The van der Waals surface area contributed by atoms with E-state index in [0.29, 0.717) is 17.1 Å². The van der Waals surface area contributed by atoms with Crippen molar-refractivity contribution in [2.24, 2.45) is 5.73 Å². The summed E-state index contributed by atoms with van der Waals surface area (Å²) in [6.07, 6.45) is 0. The van der Waals surface area contributed by atoms with Gasteiger partial charge in [-0.1, -0.05) is 0 Å². The van der Waals surface area contributed by atoms with Gasteiger partial charge in [-0.15, -0.1) is 0 Å². The van der Waals surface area contributed by atoms with Gasteiger partial charge in [0.1, 0.15) is 17.3 Å². The van der Waals surface area contributed by atoms with E-state index >= 15 is 0 Å². The van der Waals surface area contributed by atoms with Crippen molar-refractivity contribution in [1.29, 1.82) is 0 Å². The number of methoxy groups -OCH3 is 2. The predicted molar refractivity (Wildman–Crippen MR) is 82.1 cm³/mol. The highest BCUT2D eigenvalue weighted by molar-refractivity contribution is 7.54. The summed E-state index contributed by atoms with van der Waals surface area (Å²) in [5.74, 6) is 0.0147. The summed E-state index contributed by atoms with van der Waals surface area (Å²) < 4.78 is 34.2. The smallest absolute Gasteiger partial charge is 0.352 e. The van der Waals surface area contributed by atoms with Crippen LogP contribution in [0.25, 0.3) is 0 Å². The second-order valence-electron chi connectivity index (χ2n) is 4.40. The maximum atomic E-state index is 12.9. The SMILES string of the molecule is CCOP(=O)(OCC)[C@H](N)c1c(OC)cc(C)cc1OC. The van der Waals surface area contributed by atoms with Crippen LogP contribution in [0.1, 0.15) is 30.8 Å². The molecule has 0 saturated carbocycles. The van der Waals surface area contributed by atoms with Gasteiger partial charge in [0.25, 0.3) is 0 Å². The molecule has 21 heavy (non-hydrogen) atoms. The molecule has 0 heterocycles. The third kappa shape index (κ3) is 3.98. The molecule has 1 aromatic carbocycles. The van der Waals surface area contributed by atoms with Crippen LogP contribution in [0.5, 0.6) is 11.5 Å². The highest BCUT2D eigenvalue weighted by Crippen LogP contribution is 2.61. The molecule has 1 atom stereocenters. The van der Waals surface area contributed by atoms with Crippen LogP contribution in [0.3, 0.4) is 0 Å². The lowest BCUT2D eigenvalue weighted by Gasteiger charge is -2.26. The van der Waals surface area contributed by atoms with E-state index in [2.05, 4.69) is 0 Å². The summed E-state index contributed by atoms with van der Waals surface area (Å²) in [5.41, 5.74) is 7.60. The fourth-order valence-corrected chi connectivity index (χ4v) is 3.76. The van der Waals surface area contributed by atoms with E-state index in [-0.39, 0.29) is 13.2 Å². The third-order valence-electron chi connectivity index (χ3n) is 2.94. The Bertz CT molecular complexity index is 485. The first-order valence-corrected chi connectivity index (χ1v) is 8.41. The van der Waals surface area contributed by atoms with Crippen LogP contribution in [0, 0.1) is 6.92 Å². The molecule has 2 N–H and O–H groups in total. The fourth-order valence-electron chi connectivity index (χ4n) is 2.08. The minimum absolute atomic E-state index is 0.238. The lowest BCUT2D eigenvalue weighted by atomic mass is 10.1. The van der Waals surface area contributed by atoms with E-state index in [9.17, 15) is 4.57 Å². The van der Waals surface area contributed by atoms with Crippen LogP contribution in [0.2, 0.25) is 0 Å². The van der Waals surface area contributed by atoms with Crippen molar-refractivity contribution in [3.63, 3.8) is 0 Å². The quantitative estimate of drug-likeness (QED) is 0.741. The second kappa shape index (κ2) is 7.80. The van der Waals surface area contributed by atoms with E-state index in [1.807, 2.05) is 6.92 Å². The molecule has 0 aliphatic carbocycles. The maximum Gasteiger partial charge on any atom is 0.352 e. The fraction of sp³-hybridized carbons (Fsp3) is 0.571. The number of hydrogen-bond acceptors (Lipinski definition) is 6. The molecule has 0 aliphatic rings. The van der Waals surface area contributed by atoms with E-state index in [0.717, 1.165) is 5.56 Å². The van der Waals surface area contributed by atoms with Gasteiger partial charge in [0, 0.05) is 0 Å². The lowest BCUT2D eigenvalue weighted by molar-refractivity contribution is 0.211. The van der Waals surface area contributed by atoms with Gasteiger partial charge in [-0.2, -0.15) is 0 Å². The number of rotatable bonds is 8. The summed E-state index contributed by atoms with van der Waals surface area (Å²) in [5, 5.41) is 0. The number of benzene rings is 1. The van der Waals surface area contributed by atoms with Crippen molar-refractivity contribution >= 4 is 7.60 Å². The standard InChI is InChI=1S/C14H24NO5P/c1-6-19-21(16,20-7-2)14(15)13-11(17-4)8-10(3)9-12(13)18-5/h8-9,14H,6-7,15H2,1-5H3/t14-/m0/s1. The Hall–Kier alpha value is -1.07. The van der Waals surface area contributed by atoms with Crippen molar-refractivity contribution in [3.05, 3.63) is 23.3 Å². The Morgan fingerprint density at radius 1 is 1.10 bits per heavy atom. The Kier molecular flexibility index (Phi) is 6.68. The first-order valence-electron chi connectivity index (χ1n) is 6.80. The topological polar surface area (TPSA) is 80.0 Å². The Labute approximate surface area is 126 Å². The van der Waals surface area contributed by atoms with Crippen LogP contribution in [0.4, 0.5) is 0 Å². The zero-order valence-corrected chi connectivity index (χ0v) is 14.1. The maximum absolute atomic E-state index is 12.9. The summed E-state index contributed by atoms with van der Waals surface area (Å²) in [4.78, 5) is 0. The van der Waals surface area contributed by atoms with Crippen molar-refractivity contribution < 1.29 is 23.1 Å². The summed E-state index contributed by atoms with van der Waals surface area (Å²) in [6.45, 7) is 5.86. The molecule has 0 saturated heterocycles. The Morgan fingerprint density at radius 3 is 1.86 bits per heavy atom. The van der Waals surface area contributed by atoms with Gasteiger partial charge >= 0.3 is 7.60 Å². The van der Waals surface area contributed by atoms with Crippen LogP contribution >= 0.6 is 7.60 Å². The van der Waals surface area contributed by atoms with E-state index in [4.69, 9.17) is 24.3 Å². The van der Waals surface area contributed by atoms with E-state index in [1.165, 1.54) is 14.2 Å². The normalized spacial score (nSPS) is 13.0. The molecular weight excluding hydrogens is 293 g/mol. The third-order valence-corrected chi connectivity index (χ3v) is 5.12. The molecule has 0 amide bonds. The Balaban J connectivity index is 3.39. The van der Waals surface area contributed by atoms with E-state index in [1.54, 1.807) is 26.0 Å². The van der Waals surface area contributed by atoms with Gasteiger partial charge in [0.15, 0.2) is 0 Å². The molecular formula is C14H24NO5P. The van der Waals surface area contributed by atoms with Crippen molar-refractivity contribution in [2.75, 3.05) is 27.4 Å². The van der Waals surface area contributed by atoms with Gasteiger partial charge in [-0.25, -0.2) is 0 Å². The largest absolute Gasteiger partial charge is 0.496 e. The average Bonchev–Trinajstić information content (AvgIpc) is 2.45. The number of aryl methyl sites for hydroxylation is 1. The molecule has 120 valence electrons. The summed E-state index contributed by atoms with van der Waals surface area (Å²) in [6, 6.07) is 3.61. The molecule has 6 nitrogen and oxygen atoms in total. The van der Waals surface area contributed by atoms with Crippen LogP contribution in [-0.4, -0.2) is 27.4 Å². The highest BCUT2D eigenvalue weighted by Gasteiger charge is 2.37. The molecule has 0 fully saturated rings. The van der Waals surface area contributed by atoms with Crippen LogP contribution in [-0.2, 0) is 13.6 Å². The van der Waals surface area contributed by atoms with Gasteiger partial charge in [0.2, 0.25) is 0 Å². The molecule has 1 aromatic rings. The first kappa shape index (κ1) is 18.0. The molecule has 0 aromatic heterocycles. The van der Waals surface area contributed by atoms with Crippen molar-refractivity contribution in [1.82, 2.24) is 0 Å². The van der Waals surface area contributed by atoms with Crippen LogP contribution < -0.4 is 15.2 Å². The first-order chi connectivity index (χ1) is 9.93. The van der Waals surface area contributed by atoms with Crippen molar-refractivity contribution in [3.8, 4) is 11.5 Å². The molecule has 1 rings (SSSR count). The minimum atomic E-state index is -3.51. The molecule has 7 heteroatoms. The number of hydrogen-bond donors (Lipinski definition) is 1. The molecule has 0 unspecified atom stereocenters. The Morgan fingerprint density at radius 2 is 1.52 bits per heavy atom. The highest BCUT2D eigenvalue weighted by atomic mass is 31.2. The molecule has 0 aliphatic heterocycles. The molecule has 0 spiro atoms. The average molecular weight is 317 g/mol. The monoisotopic (exact) mass is 317 g/mol. The summed E-state index contributed by atoms with van der Waals surface area (Å²) >= 11 is 0. The van der Waals surface area contributed by atoms with Crippen molar-refractivity contribution in [2.45, 2.75) is 26.6 Å². The lowest BCUT2D eigenvalue weighted by Crippen LogP contribution is -2.17. The number of ether oxygens (including phenoxy) is 2. The minimum Gasteiger partial charge on any atom is -0.496 e. The predicted octanol–water partition coefficient (Wildman–Crippen LogP) is 3.24. The summed E-state index contributed by atoms with van der Waals surface area (Å²) in [7, 11) is -0.461. The van der Waals surface area contributed by atoms with E-state index < -0.39 is 13.4 Å². The van der Waals surface area contributed by atoms with Gasteiger partial charge in [-0.05, 0) is 38.5 Å². The molecule has 0 radical (unpaired) electrons. The van der Waals surface area contributed by atoms with Gasteiger partial charge < -0.3 is 24.3 Å². The second-order valence-corrected chi connectivity index (χ2v) is 6.56. The van der Waals surface area contributed by atoms with Gasteiger partial charge in [0.05, 0.1) is 33.0 Å². The van der Waals surface area contributed by atoms with Crippen LogP contribution in [0.15, 0.2) is 12.1 Å². The zero-order chi connectivity index (χ0) is 16.0. The zero-order valence-electron chi connectivity index (χ0n) is 13.2.